The predicted octanol–water partition coefficient (Wildman–Crippen LogP) is 3.28. The van der Waals surface area contributed by atoms with Crippen molar-refractivity contribution in [2.24, 2.45) is 0 Å². The fraction of sp³-hybridized carbons (Fsp3) is 0.111. The number of likely N-dealkylation sites (N-methyl/N-ethyl adjacent to an activating group) is 1. The van der Waals surface area contributed by atoms with Crippen LogP contribution in [-0.2, 0) is 4.79 Å². The van der Waals surface area contributed by atoms with E-state index in [0.29, 0.717) is 15.7 Å². The summed E-state index contributed by atoms with van der Waals surface area (Å²) in [5.41, 5.74) is 1.37. The molecule has 1 heterocycles. The van der Waals surface area contributed by atoms with Gasteiger partial charge in [-0.25, -0.2) is 0 Å². The summed E-state index contributed by atoms with van der Waals surface area (Å²) in [6.07, 6.45) is 1.36. The second-order valence-electron chi connectivity index (χ2n) is 5.69. The van der Waals surface area contributed by atoms with Crippen molar-refractivity contribution in [3.05, 3.63) is 70.5 Å². The predicted molar refractivity (Wildman–Crippen MR) is 103 cm³/mol. The van der Waals surface area contributed by atoms with E-state index in [-0.39, 0.29) is 18.1 Å². The lowest BCUT2D eigenvalue weighted by Gasteiger charge is -2.15. The maximum atomic E-state index is 12.5. The van der Waals surface area contributed by atoms with Crippen molar-refractivity contribution in [1.82, 2.24) is 19.9 Å². The van der Waals surface area contributed by atoms with Gasteiger partial charge in [0.2, 0.25) is 5.91 Å². The van der Waals surface area contributed by atoms with Crippen LogP contribution in [0.25, 0.3) is 5.69 Å². The second kappa shape index (κ2) is 8.20. The van der Waals surface area contributed by atoms with Gasteiger partial charge in [-0.2, -0.15) is 9.90 Å². The van der Waals surface area contributed by atoms with Crippen LogP contribution in [0.15, 0.2) is 54.7 Å². The van der Waals surface area contributed by atoms with E-state index in [4.69, 9.17) is 23.2 Å². The van der Waals surface area contributed by atoms with Crippen molar-refractivity contribution in [3.8, 4) is 5.69 Å². The van der Waals surface area contributed by atoms with Crippen LogP contribution in [0, 0.1) is 0 Å². The number of hydrogen-bond acceptors (Lipinski definition) is 4. The Morgan fingerprint density at radius 3 is 2.56 bits per heavy atom. The van der Waals surface area contributed by atoms with Gasteiger partial charge >= 0.3 is 0 Å². The quantitative estimate of drug-likeness (QED) is 0.708. The van der Waals surface area contributed by atoms with E-state index in [1.165, 1.54) is 29.0 Å². The van der Waals surface area contributed by atoms with Crippen LogP contribution in [0.2, 0.25) is 10.0 Å². The molecule has 138 valence electrons. The van der Waals surface area contributed by atoms with Gasteiger partial charge in [0.25, 0.3) is 5.91 Å². The molecule has 3 aromatic rings. The van der Waals surface area contributed by atoms with Crippen molar-refractivity contribution in [3.63, 3.8) is 0 Å². The van der Waals surface area contributed by atoms with Gasteiger partial charge in [0, 0.05) is 12.7 Å². The number of amides is 2. The van der Waals surface area contributed by atoms with Gasteiger partial charge in [0.1, 0.15) is 0 Å². The Hall–Kier alpha value is -2.90. The molecule has 27 heavy (non-hydrogen) atoms. The molecule has 3 rings (SSSR count). The number of nitrogens with zero attached hydrogens (tertiary/aromatic N) is 4. The first-order valence-corrected chi connectivity index (χ1v) is 8.68. The maximum Gasteiger partial charge on any atom is 0.276 e. The Balaban J connectivity index is 1.62. The van der Waals surface area contributed by atoms with E-state index in [2.05, 4.69) is 15.5 Å². The normalized spacial score (nSPS) is 10.5. The number of aromatic nitrogens is 3. The molecule has 2 amide bonds. The minimum atomic E-state index is -0.415. The van der Waals surface area contributed by atoms with Gasteiger partial charge in [0.15, 0.2) is 5.69 Å². The summed E-state index contributed by atoms with van der Waals surface area (Å²) in [5, 5.41) is 11.6. The van der Waals surface area contributed by atoms with Crippen LogP contribution in [0.4, 0.5) is 5.69 Å². The highest BCUT2D eigenvalue weighted by Crippen LogP contribution is 2.24. The number of hydrogen-bond donors (Lipinski definition) is 1. The monoisotopic (exact) mass is 403 g/mol. The molecule has 0 bridgehead atoms. The summed E-state index contributed by atoms with van der Waals surface area (Å²) < 4.78 is 0. The zero-order valence-corrected chi connectivity index (χ0v) is 15.8. The second-order valence-corrected chi connectivity index (χ2v) is 6.51. The third-order valence-corrected chi connectivity index (χ3v) is 4.37. The Kier molecular flexibility index (Phi) is 5.73. The maximum absolute atomic E-state index is 12.5. The summed E-state index contributed by atoms with van der Waals surface area (Å²) >= 11 is 11.8. The number of benzene rings is 2. The minimum Gasteiger partial charge on any atom is -0.331 e. The molecule has 2 aromatic carbocycles. The third-order valence-electron chi connectivity index (χ3n) is 3.63. The van der Waals surface area contributed by atoms with Gasteiger partial charge in [-0.15, -0.1) is 5.10 Å². The first-order valence-electron chi connectivity index (χ1n) is 7.92. The van der Waals surface area contributed by atoms with Crippen molar-refractivity contribution >= 4 is 40.7 Å². The average Bonchev–Trinajstić information content (AvgIpc) is 3.15. The van der Waals surface area contributed by atoms with Crippen molar-refractivity contribution in [2.75, 3.05) is 18.9 Å². The SMILES string of the molecule is CN(CC(=O)Nc1ccc(Cl)c(Cl)c1)C(=O)c1cnn(-c2ccccc2)n1. The first-order chi connectivity index (χ1) is 12.9. The smallest absolute Gasteiger partial charge is 0.276 e. The summed E-state index contributed by atoms with van der Waals surface area (Å²) in [7, 11) is 1.51. The highest BCUT2D eigenvalue weighted by atomic mass is 35.5. The summed E-state index contributed by atoms with van der Waals surface area (Å²) in [6, 6.07) is 14.0. The van der Waals surface area contributed by atoms with E-state index in [9.17, 15) is 9.59 Å². The minimum absolute atomic E-state index is 0.142. The molecule has 0 aliphatic heterocycles. The van der Waals surface area contributed by atoms with E-state index in [1.54, 1.807) is 12.1 Å². The van der Waals surface area contributed by atoms with Crippen molar-refractivity contribution in [2.45, 2.75) is 0 Å². The van der Waals surface area contributed by atoms with Crippen LogP contribution in [0.3, 0.4) is 0 Å². The van der Waals surface area contributed by atoms with Crippen LogP contribution in [0.1, 0.15) is 10.5 Å². The molecular formula is C18H15Cl2N5O2. The standard InChI is InChI=1S/C18H15Cl2N5O2/c1-24(11-17(26)22-12-7-8-14(19)15(20)9-12)18(27)16-10-21-25(23-16)13-5-3-2-4-6-13/h2-10H,11H2,1H3,(H,22,26). The molecule has 0 unspecified atom stereocenters. The molecule has 0 saturated carbocycles. The molecule has 0 aliphatic rings. The Morgan fingerprint density at radius 2 is 1.85 bits per heavy atom. The fourth-order valence-corrected chi connectivity index (χ4v) is 2.60. The molecule has 9 heteroatoms. The number of para-hydroxylation sites is 1. The first kappa shape index (κ1) is 18.9. The van der Waals surface area contributed by atoms with E-state index >= 15 is 0 Å². The summed E-state index contributed by atoms with van der Waals surface area (Å²) in [6.45, 7) is -0.155. The third kappa shape index (κ3) is 4.64. The van der Waals surface area contributed by atoms with E-state index < -0.39 is 5.91 Å². The van der Waals surface area contributed by atoms with E-state index in [1.807, 2.05) is 30.3 Å². The number of halogens is 2. The lowest BCUT2D eigenvalue weighted by atomic mass is 10.3. The summed E-state index contributed by atoms with van der Waals surface area (Å²) in [4.78, 5) is 27.2. The van der Waals surface area contributed by atoms with Gasteiger partial charge in [-0.1, -0.05) is 41.4 Å². The topological polar surface area (TPSA) is 80.1 Å². The Labute approximate surface area is 165 Å². The van der Waals surface area contributed by atoms with Crippen molar-refractivity contribution < 1.29 is 9.59 Å². The number of carbonyl (C=O) groups excluding carboxylic acids is 2. The molecule has 0 spiro atoms. The molecular weight excluding hydrogens is 389 g/mol. The molecule has 0 aliphatic carbocycles. The number of anilines is 1. The van der Waals surface area contributed by atoms with Crippen LogP contribution >= 0.6 is 23.2 Å². The van der Waals surface area contributed by atoms with Gasteiger partial charge in [0.05, 0.1) is 28.5 Å². The number of carbonyl (C=O) groups is 2. The molecule has 0 saturated heterocycles. The summed E-state index contributed by atoms with van der Waals surface area (Å²) in [5.74, 6) is -0.791. The average molecular weight is 404 g/mol. The molecule has 0 fully saturated rings. The fourth-order valence-electron chi connectivity index (χ4n) is 2.30. The highest BCUT2D eigenvalue weighted by Gasteiger charge is 2.18. The lowest BCUT2D eigenvalue weighted by molar-refractivity contribution is -0.116. The van der Waals surface area contributed by atoms with Crippen molar-refractivity contribution in [1.29, 1.82) is 0 Å². The lowest BCUT2D eigenvalue weighted by Crippen LogP contribution is -2.35. The zero-order valence-electron chi connectivity index (χ0n) is 14.3. The van der Waals surface area contributed by atoms with Crippen LogP contribution < -0.4 is 5.32 Å². The number of nitrogens with one attached hydrogen (secondary N) is 1. The van der Waals surface area contributed by atoms with Crippen LogP contribution in [-0.4, -0.2) is 45.3 Å². The molecule has 0 radical (unpaired) electrons. The Morgan fingerprint density at radius 1 is 1.11 bits per heavy atom. The zero-order chi connectivity index (χ0) is 19.4. The molecule has 0 atom stereocenters. The van der Waals surface area contributed by atoms with Crippen LogP contribution in [0.5, 0.6) is 0 Å². The largest absolute Gasteiger partial charge is 0.331 e. The van der Waals surface area contributed by atoms with Gasteiger partial charge in [-0.05, 0) is 30.3 Å². The highest BCUT2D eigenvalue weighted by molar-refractivity contribution is 6.42. The van der Waals surface area contributed by atoms with Gasteiger partial charge in [-0.3, -0.25) is 9.59 Å². The number of rotatable bonds is 5. The molecule has 1 aromatic heterocycles. The molecule has 1 N–H and O–H groups in total. The Bertz CT molecular complexity index is 975. The van der Waals surface area contributed by atoms with E-state index in [0.717, 1.165) is 5.69 Å². The van der Waals surface area contributed by atoms with Gasteiger partial charge < -0.3 is 10.2 Å². The molecule has 7 nitrogen and oxygen atoms in total.